The van der Waals surface area contributed by atoms with Crippen molar-refractivity contribution >= 4 is 28.9 Å². The number of imidazole rings is 2. The number of amides is 3. The first-order chi connectivity index (χ1) is 26.9. The number of ether oxygens (including phenoxy) is 3. The number of nitrogens with one attached hydrogen (secondary N) is 3. The number of carbonyl (C=O) groups excluding carboxylic acids is 3. The summed E-state index contributed by atoms with van der Waals surface area (Å²) < 4.78 is 16.9. The minimum absolute atomic E-state index is 0.105. The largest absolute Gasteiger partial charge is 0.488 e. The lowest BCUT2D eigenvalue weighted by Gasteiger charge is -2.30. The monoisotopic (exact) mass is 759 g/mol. The normalized spacial score (nSPS) is 18.4. The molecule has 0 spiro atoms. The molecule has 3 aromatic carbocycles. The van der Waals surface area contributed by atoms with Crippen LogP contribution < -0.4 is 10.1 Å². The molecule has 5 heterocycles. The van der Waals surface area contributed by atoms with Gasteiger partial charge in [0, 0.05) is 29.6 Å². The molecule has 3 atom stereocenters. The van der Waals surface area contributed by atoms with Crippen molar-refractivity contribution < 1.29 is 28.6 Å². The van der Waals surface area contributed by atoms with Gasteiger partial charge in [0.05, 0.1) is 43.0 Å². The van der Waals surface area contributed by atoms with Crippen LogP contribution in [0.5, 0.6) is 5.75 Å². The summed E-state index contributed by atoms with van der Waals surface area (Å²) in [6.45, 7) is 11.1. The van der Waals surface area contributed by atoms with Gasteiger partial charge >= 0.3 is 12.2 Å². The average molecular weight is 760 g/mol. The number of hydrogen-bond acceptors (Lipinski definition) is 8. The van der Waals surface area contributed by atoms with Gasteiger partial charge < -0.3 is 34.4 Å². The van der Waals surface area contributed by atoms with E-state index in [4.69, 9.17) is 24.2 Å². The van der Waals surface area contributed by atoms with Crippen LogP contribution in [0.25, 0.3) is 44.4 Å². The maximum atomic E-state index is 13.6. The quantitative estimate of drug-likeness (QED) is 0.150. The van der Waals surface area contributed by atoms with Crippen LogP contribution in [0.3, 0.4) is 0 Å². The third kappa shape index (κ3) is 7.06. The van der Waals surface area contributed by atoms with Gasteiger partial charge in [0.25, 0.3) is 0 Å². The number of hydrogen-bond donors (Lipinski definition) is 3. The minimum Gasteiger partial charge on any atom is -0.488 e. The van der Waals surface area contributed by atoms with E-state index in [0.29, 0.717) is 19.7 Å². The van der Waals surface area contributed by atoms with E-state index in [0.717, 1.165) is 93.1 Å². The molecule has 0 aliphatic carbocycles. The fourth-order valence-corrected chi connectivity index (χ4v) is 8.22. The lowest BCUT2D eigenvalue weighted by molar-refractivity contribution is -0.135. The van der Waals surface area contributed by atoms with Gasteiger partial charge in [-0.1, -0.05) is 44.2 Å². The molecule has 3 amide bonds. The number of methoxy groups -OCH3 is 1. The van der Waals surface area contributed by atoms with Crippen molar-refractivity contribution in [3.8, 4) is 39.4 Å². The fraction of sp³-hybridized carbons (Fsp3) is 0.419. The highest BCUT2D eigenvalue weighted by Gasteiger charge is 2.38. The summed E-state index contributed by atoms with van der Waals surface area (Å²) in [6, 6.07) is 15.9. The van der Waals surface area contributed by atoms with Crippen molar-refractivity contribution in [2.75, 3.05) is 20.2 Å². The molecule has 1 unspecified atom stereocenters. The molecular weight excluding hydrogens is 711 g/mol. The van der Waals surface area contributed by atoms with Crippen molar-refractivity contribution in [3.05, 3.63) is 78.1 Å². The predicted octanol–water partition coefficient (Wildman–Crippen LogP) is 8.30. The summed E-state index contributed by atoms with van der Waals surface area (Å²) in [5.74, 6) is 2.10. The van der Waals surface area contributed by atoms with Crippen molar-refractivity contribution in [2.45, 2.75) is 90.6 Å². The zero-order chi connectivity index (χ0) is 39.3. The van der Waals surface area contributed by atoms with Crippen LogP contribution in [0.15, 0.2) is 60.9 Å². The van der Waals surface area contributed by atoms with Crippen molar-refractivity contribution in [1.29, 1.82) is 0 Å². The summed E-state index contributed by atoms with van der Waals surface area (Å²) in [5, 5.41) is 4.77. The number of carbonyl (C=O) groups is 3. The molecule has 2 saturated heterocycles. The Bertz CT molecular complexity index is 2300. The van der Waals surface area contributed by atoms with Crippen LogP contribution in [-0.2, 0) is 20.9 Å². The number of benzene rings is 3. The molecule has 292 valence electrons. The SMILES string of the molecule is COC(=O)N[C@H](C(=O)N1CCC[C@H]1c1ncc(-c2ccc3c4c(ccc3c2)-c2ccc(-c3cnc(C5CCCN5C(=O)OC(C)(C)C)[nH]3)cc2CO4)[nH]1)C(C)C. The molecule has 13 nitrogen and oxygen atoms in total. The van der Waals surface area contributed by atoms with E-state index < -0.39 is 17.7 Å². The molecule has 56 heavy (non-hydrogen) atoms. The fourth-order valence-electron chi connectivity index (χ4n) is 8.22. The van der Waals surface area contributed by atoms with E-state index in [1.165, 1.54) is 7.11 Å². The zero-order valence-corrected chi connectivity index (χ0v) is 32.8. The van der Waals surface area contributed by atoms with Gasteiger partial charge in [-0.05, 0) is 92.6 Å². The van der Waals surface area contributed by atoms with Crippen molar-refractivity contribution in [3.63, 3.8) is 0 Å². The Morgan fingerprint density at radius 1 is 0.857 bits per heavy atom. The van der Waals surface area contributed by atoms with Gasteiger partial charge in [-0.25, -0.2) is 19.6 Å². The number of fused-ring (bicyclic) bond motifs is 5. The molecule has 2 fully saturated rings. The highest BCUT2D eigenvalue weighted by atomic mass is 16.6. The van der Waals surface area contributed by atoms with Gasteiger partial charge in [-0.15, -0.1) is 0 Å². The molecular formula is C43H49N7O6. The molecule has 5 aromatic rings. The molecule has 2 aromatic heterocycles. The predicted molar refractivity (Wildman–Crippen MR) is 212 cm³/mol. The first kappa shape index (κ1) is 37.1. The van der Waals surface area contributed by atoms with Crippen LogP contribution in [0.1, 0.15) is 89.6 Å². The topological polar surface area (TPSA) is 155 Å². The van der Waals surface area contributed by atoms with Crippen LogP contribution >= 0.6 is 0 Å². The second kappa shape index (κ2) is 14.7. The smallest absolute Gasteiger partial charge is 0.410 e. The second-order valence-electron chi connectivity index (χ2n) is 16.3. The maximum absolute atomic E-state index is 13.6. The van der Waals surface area contributed by atoms with E-state index in [-0.39, 0.29) is 30.0 Å². The number of nitrogens with zero attached hydrogens (tertiary/aromatic N) is 4. The van der Waals surface area contributed by atoms with Crippen LogP contribution in [0.2, 0.25) is 0 Å². The highest BCUT2D eigenvalue weighted by molar-refractivity contribution is 5.98. The second-order valence-corrected chi connectivity index (χ2v) is 16.3. The third-order valence-corrected chi connectivity index (χ3v) is 11.0. The molecule has 3 aliphatic heterocycles. The average Bonchev–Trinajstić information content (AvgIpc) is 4.01. The maximum Gasteiger partial charge on any atom is 0.410 e. The Hall–Kier alpha value is -5.85. The Labute approximate surface area is 326 Å². The zero-order valence-electron chi connectivity index (χ0n) is 32.8. The van der Waals surface area contributed by atoms with Crippen molar-refractivity contribution in [1.82, 2.24) is 35.1 Å². The summed E-state index contributed by atoms with van der Waals surface area (Å²) in [5.41, 5.74) is 6.43. The minimum atomic E-state index is -0.689. The number of alkyl carbamates (subject to hydrolysis) is 1. The molecule has 13 heteroatoms. The lowest BCUT2D eigenvalue weighted by Crippen LogP contribution is -2.51. The molecule has 0 radical (unpaired) electrons. The number of rotatable bonds is 7. The van der Waals surface area contributed by atoms with E-state index in [2.05, 4.69) is 63.8 Å². The first-order valence-corrected chi connectivity index (χ1v) is 19.5. The number of likely N-dealkylation sites (tertiary alicyclic amines) is 2. The van der Waals surface area contributed by atoms with Gasteiger partial charge in [-0.2, -0.15) is 0 Å². The molecule has 3 aliphatic rings. The van der Waals surface area contributed by atoms with Crippen molar-refractivity contribution in [2.24, 2.45) is 5.92 Å². The number of aromatic amines is 2. The van der Waals surface area contributed by atoms with Crippen LogP contribution in [0.4, 0.5) is 9.59 Å². The Kier molecular flexibility index (Phi) is 9.71. The molecule has 0 bridgehead atoms. The van der Waals surface area contributed by atoms with E-state index >= 15 is 0 Å². The number of aromatic nitrogens is 4. The number of H-pyrrole nitrogens is 2. The summed E-state index contributed by atoms with van der Waals surface area (Å²) in [4.78, 5) is 58.5. The Morgan fingerprint density at radius 2 is 1.48 bits per heavy atom. The summed E-state index contributed by atoms with van der Waals surface area (Å²) in [7, 11) is 1.29. The molecule has 8 rings (SSSR count). The first-order valence-electron chi connectivity index (χ1n) is 19.5. The standard InChI is InChI=1S/C43H49N7O6/c1-24(2)36(48-41(52)54-6)40(51)49-17-7-9-34(49)38-44-21-32(46-38)26-13-15-30-25(19-26)11-16-31-29-14-12-27(20-28(29)23-55-37(30)31)33-22-45-39(47-33)35-10-8-18-50(35)42(53)56-43(3,4)5/h11-16,19-22,24,34-36H,7-10,17-18,23H2,1-6H3,(H,44,46)(H,45,47)(H,48,52)/t34-,35?,36-/m0/s1. The molecule has 3 N–H and O–H groups in total. The molecule has 0 saturated carbocycles. The summed E-state index contributed by atoms with van der Waals surface area (Å²) >= 11 is 0. The van der Waals surface area contributed by atoms with E-state index in [1.54, 1.807) is 4.90 Å². The van der Waals surface area contributed by atoms with Gasteiger partial charge in [0.1, 0.15) is 35.6 Å². The van der Waals surface area contributed by atoms with Gasteiger partial charge in [0.2, 0.25) is 5.91 Å². The Morgan fingerprint density at radius 3 is 2.14 bits per heavy atom. The van der Waals surface area contributed by atoms with Crippen LogP contribution in [0, 0.1) is 5.92 Å². The third-order valence-electron chi connectivity index (χ3n) is 11.0. The summed E-state index contributed by atoms with van der Waals surface area (Å²) in [6.07, 6.45) is 6.09. The lowest BCUT2D eigenvalue weighted by atomic mass is 9.92. The van der Waals surface area contributed by atoms with E-state index in [9.17, 15) is 14.4 Å². The van der Waals surface area contributed by atoms with Gasteiger partial charge in [0.15, 0.2) is 0 Å². The van der Waals surface area contributed by atoms with Gasteiger partial charge in [-0.3, -0.25) is 9.69 Å². The van der Waals surface area contributed by atoms with E-state index in [1.807, 2.05) is 51.9 Å². The highest BCUT2D eigenvalue weighted by Crippen LogP contribution is 2.44. The Balaban J connectivity index is 0.995. The van der Waals surface area contributed by atoms with Crippen LogP contribution in [-0.4, -0.2) is 79.7 Å².